The minimum Gasteiger partial charge on any atom is -0.454 e. The van der Waals surface area contributed by atoms with Crippen LogP contribution in [0.3, 0.4) is 0 Å². The van der Waals surface area contributed by atoms with Crippen LogP contribution in [0.1, 0.15) is 6.42 Å². The molecule has 22 heavy (non-hydrogen) atoms. The van der Waals surface area contributed by atoms with Crippen LogP contribution >= 0.6 is 0 Å². The highest BCUT2D eigenvalue weighted by Crippen LogP contribution is 2.34. The van der Waals surface area contributed by atoms with Crippen molar-refractivity contribution in [3.8, 4) is 11.5 Å². The molecule has 0 spiro atoms. The number of anilines is 2. The van der Waals surface area contributed by atoms with E-state index in [2.05, 4.69) is 10.6 Å². The van der Waals surface area contributed by atoms with Crippen molar-refractivity contribution in [3.63, 3.8) is 0 Å². The molecule has 6 heteroatoms. The molecular weight excluding hydrogens is 287 g/mol. The fourth-order valence-corrected chi connectivity index (χ4v) is 2.12. The number of amides is 1. The quantitative estimate of drug-likeness (QED) is 0.891. The van der Waals surface area contributed by atoms with Gasteiger partial charge in [0.05, 0.1) is 0 Å². The van der Waals surface area contributed by atoms with Crippen molar-refractivity contribution in [2.24, 2.45) is 0 Å². The maximum absolute atomic E-state index is 13.0. The molecule has 0 saturated heterocycles. The molecule has 2 N–H and O–H groups in total. The van der Waals surface area contributed by atoms with Gasteiger partial charge in [0.1, 0.15) is 5.82 Å². The lowest BCUT2D eigenvalue weighted by molar-refractivity contribution is -0.115. The molecule has 2 aromatic carbocycles. The second-order valence-electron chi connectivity index (χ2n) is 4.80. The molecule has 0 atom stereocenters. The Morgan fingerprint density at radius 3 is 2.82 bits per heavy atom. The predicted molar refractivity (Wildman–Crippen MR) is 80.7 cm³/mol. The van der Waals surface area contributed by atoms with Gasteiger partial charge in [-0.25, -0.2) is 4.39 Å². The van der Waals surface area contributed by atoms with E-state index in [-0.39, 0.29) is 24.9 Å². The first kappa shape index (κ1) is 14.2. The summed E-state index contributed by atoms with van der Waals surface area (Å²) in [5.41, 5.74) is 1.30. The summed E-state index contributed by atoms with van der Waals surface area (Å²) >= 11 is 0. The Morgan fingerprint density at radius 1 is 1.09 bits per heavy atom. The van der Waals surface area contributed by atoms with Crippen LogP contribution in [0, 0.1) is 5.82 Å². The molecule has 0 radical (unpaired) electrons. The Hall–Kier alpha value is -2.76. The molecule has 0 fully saturated rings. The van der Waals surface area contributed by atoms with E-state index in [9.17, 15) is 9.18 Å². The largest absolute Gasteiger partial charge is 0.454 e. The minimum absolute atomic E-state index is 0.136. The molecule has 1 heterocycles. The van der Waals surface area contributed by atoms with Crippen molar-refractivity contribution in [1.29, 1.82) is 0 Å². The summed E-state index contributed by atoms with van der Waals surface area (Å²) < 4.78 is 23.5. The fourth-order valence-electron chi connectivity index (χ4n) is 2.12. The maximum Gasteiger partial charge on any atom is 0.231 e. The van der Waals surface area contributed by atoms with Crippen LogP contribution in [0.2, 0.25) is 0 Å². The average Bonchev–Trinajstić information content (AvgIpc) is 2.95. The van der Waals surface area contributed by atoms with Crippen LogP contribution in [0.25, 0.3) is 0 Å². The first-order valence-electron chi connectivity index (χ1n) is 6.90. The van der Waals surface area contributed by atoms with Gasteiger partial charge >= 0.3 is 0 Å². The molecule has 0 bridgehead atoms. The second-order valence-corrected chi connectivity index (χ2v) is 4.80. The van der Waals surface area contributed by atoms with Gasteiger partial charge in [-0.15, -0.1) is 0 Å². The smallest absolute Gasteiger partial charge is 0.231 e. The lowest BCUT2D eigenvalue weighted by Gasteiger charge is -2.08. The maximum atomic E-state index is 13.0. The van der Waals surface area contributed by atoms with Gasteiger partial charge in [0, 0.05) is 30.4 Å². The van der Waals surface area contributed by atoms with Crippen molar-refractivity contribution in [2.45, 2.75) is 6.42 Å². The van der Waals surface area contributed by atoms with Crippen LogP contribution in [0.15, 0.2) is 42.5 Å². The number of nitrogens with one attached hydrogen (secondary N) is 2. The van der Waals surface area contributed by atoms with Crippen LogP contribution < -0.4 is 20.1 Å². The Kier molecular flexibility index (Phi) is 4.09. The number of carbonyl (C=O) groups excluding carboxylic acids is 1. The third-order valence-corrected chi connectivity index (χ3v) is 3.16. The van der Waals surface area contributed by atoms with E-state index in [1.54, 1.807) is 30.3 Å². The van der Waals surface area contributed by atoms with Crippen molar-refractivity contribution in [2.75, 3.05) is 24.0 Å². The van der Waals surface area contributed by atoms with Gasteiger partial charge < -0.3 is 20.1 Å². The SMILES string of the molecule is O=C(CCNc1cccc(F)c1)Nc1ccc2c(c1)OCO2. The van der Waals surface area contributed by atoms with Crippen molar-refractivity contribution >= 4 is 17.3 Å². The van der Waals surface area contributed by atoms with Crippen LogP contribution in [0.5, 0.6) is 11.5 Å². The van der Waals surface area contributed by atoms with Gasteiger partial charge in [0.15, 0.2) is 11.5 Å². The van der Waals surface area contributed by atoms with Gasteiger partial charge in [-0.3, -0.25) is 4.79 Å². The van der Waals surface area contributed by atoms with Crippen molar-refractivity contribution < 1.29 is 18.7 Å². The fraction of sp³-hybridized carbons (Fsp3) is 0.188. The molecule has 1 aliphatic rings. The second kappa shape index (κ2) is 6.34. The van der Waals surface area contributed by atoms with Gasteiger partial charge in [-0.05, 0) is 30.3 Å². The van der Waals surface area contributed by atoms with Crippen molar-refractivity contribution in [1.82, 2.24) is 0 Å². The lowest BCUT2D eigenvalue weighted by Crippen LogP contribution is -2.16. The van der Waals surface area contributed by atoms with Gasteiger partial charge in [-0.2, -0.15) is 0 Å². The zero-order valence-corrected chi connectivity index (χ0v) is 11.8. The molecule has 3 rings (SSSR count). The molecule has 0 unspecified atom stereocenters. The summed E-state index contributed by atoms with van der Waals surface area (Å²) in [6, 6.07) is 11.4. The third kappa shape index (κ3) is 3.46. The molecule has 1 aliphatic heterocycles. The highest BCUT2D eigenvalue weighted by molar-refractivity contribution is 5.91. The Labute approximate surface area is 127 Å². The number of halogens is 1. The van der Waals surface area contributed by atoms with Crippen LogP contribution in [-0.2, 0) is 4.79 Å². The summed E-state index contributed by atoms with van der Waals surface area (Å²) in [4.78, 5) is 11.9. The van der Waals surface area contributed by atoms with Gasteiger partial charge in [0.2, 0.25) is 12.7 Å². The number of carbonyl (C=O) groups is 1. The van der Waals surface area contributed by atoms with Gasteiger partial charge in [-0.1, -0.05) is 6.07 Å². The lowest BCUT2D eigenvalue weighted by atomic mass is 10.2. The summed E-state index contributed by atoms with van der Waals surface area (Å²) in [6.07, 6.45) is 0.269. The Bertz CT molecular complexity index is 691. The molecule has 114 valence electrons. The zero-order valence-electron chi connectivity index (χ0n) is 11.8. The predicted octanol–water partition coefficient (Wildman–Crippen LogP) is 3.00. The standard InChI is InChI=1S/C16H15FN2O3/c17-11-2-1-3-12(8-11)18-7-6-16(20)19-13-4-5-14-15(9-13)22-10-21-14/h1-5,8-9,18H,6-7,10H2,(H,19,20). The number of hydrogen-bond donors (Lipinski definition) is 2. The molecule has 0 aliphatic carbocycles. The van der Waals surface area contributed by atoms with E-state index in [4.69, 9.17) is 9.47 Å². The zero-order chi connectivity index (χ0) is 15.4. The summed E-state index contributed by atoms with van der Waals surface area (Å²) in [5, 5.41) is 5.78. The van der Waals surface area contributed by atoms with E-state index in [1.807, 2.05) is 0 Å². The molecule has 2 aromatic rings. The normalized spacial score (nSPS) is 12.0. The highest BCUT2D eigenvalue weighted by atomic mass is 19.1. The first-order chi connectivity index (χ1) is 10.7. The van der Waals surface area contributed by atoms with E-state index < -0.39 is 0 Å². The number of fused-ring (bicyclic) bond motifs is 1. The Balaban J connectivity index is 1.48. The first-order valence-corrected chi connectivity index (χ1v) is 6.90. The van der Waals surface area contributed by atoms with E-state index in [0.29, 0.717) is 29.4 Å². The topological polar surface area (TPSA) is 59.6 Å². The molecule has 0 saturated carbocycles. The number of benzene rings is 2. The monoisotopic (exact) mass is 302 g/mol. The van der Waals surface area contributed by atoms with E-state index >= 15 is 0 Å². The number of ether oxygens (including phenoxy) is 2. The van der Waals surface area contributed by atoms with Crippen molar-refractivity contribution in [3.05, 3.63) is 48.3 Å². The highest BCUT2D eigenvalue weighted by Gasteiger charge is 2.13. The molecule has 5 nitrogen and oxygen atoms in total. The molecule has 0 aromatic heterocycles. The Morgan fingerprint density at radius 2 is 1.95 bits per heavy atom. The van der Waals surface area contributed by atoms with E-state index in [1.165, 1.54) is 12.1 Å². The summed E-state index contributed by atoms with van der Waals surface area (Å²) in [7, 11) is 0. The summed E-state index contributed by atoms with van der Waals surface area (Å²) in [6.45, 7) is 0.615. The molecule has 1 amide bonds. The minimum atomic E-state index is -0.310. The summed E-state index contributed by atoms with van der Waals surface area (Å²) in [5.74, 6) is 0.846. The third-order valence-electron chi connectivity index (χ3n) is 3.16. The van der Waals surface area contributed by atoms with Crippen LogP contribution in [-0.4, -0.2) is 19.2 Å². The number of hydrogen-bond acceptors (Lipinski definition) is 4. The average molecular weight is 302 g/mol. The van der Waals surface area contributed by atoms with Gasteiger partial charge in [0.25, 0.3) is 0 Å². The van der Waals surface area contributed by atoms with E-state index in [0.717, 1.165) is 0 Å². The van der Waals surface area contributed by atoms with Crippen LogP contribution in [0.4, 0.5) is 15.8 Å². The number of rotatable bonds is 5. The molecular formula is C16H15FN2O3.